The Labute approximate surface area is 236 Å². The number of halogens is 2. The van der Waals surface area contributed by atoms with Crippen LogP contribution in [0.4, 0.5) is 16.6 Å². The number of fused-ring (bicyclic) bond motifs is 1. The minimum absolute atomic E-state index is 0. The van der Waals surface area contributed by atoms with Crippen LogP contribution in [0, 0.1) is 0 Å². The minimum atomic E-state index is -0.698. The van der Waals surface area contributed by atoms with Gasteiger partial charge in [-0.15, -0.1) is 29.9 Å². The third-order valence-corrected chi connectivity index (χ3v) is 7.56. The molecule has 1 saturated heterocycles. The maximum Gasteiger partial charge on any atom is 0.528 e. The second kappa shape index (κ2) is 14.2. The molecule has 0 amide bonds. The molecular weight excluding hydrogens is 531 g/mol. The number of nitrogens with zero attached hydrogens (tertiary/aromatic N) is 5. The lowest BCUT2D eigenvalue weighted by atomic mass is 9.92. The summed E-state index contributed by atoms with van der Waals surface area (Å²) in [5.41, 5.74) is 7.80. The zero-order valence-corrected chi connectivity index (χ0v) is 23.4. The third kappa shape index (κ3) is 7.40. The molecule has 3 fully saturated rings. The Kier molecular flexibility index (Phi) is 11.3. The normalized spacial score (nSPS) is 22.8. The van der Waals surface area contributed by atoms with Gasteiger partial charge >= 0.3 is 6.16 Å². The second-order valence-electron chi connectivity index (χ2n) is 10.2. The van der Waals surface area contributed by atoms with Crippen LogP contribution in [0.2, 0.25) is 0 Å². The minimum Gasteiger partial charge on any atom is -0.429 e. The molecule has 11 nitrogen and oxygen atoms in total. The standard InChI is InChI=1S/C25H38N8O3.2ClH/c1-2-15-35-25(34)36-32-13-11-19(12-14-32)28-22-21-23(33(16-27-21)20-5-3-4-6-20)31-24(30-22)29-18-9-7-17(26)8-10-18;;/h2,16-20H,1,3-15,26H2,(H2,28,29,30,31);2*1H/t17-,18-;;. The van der Waals surface area contributed by atoms with Crippen LogP contribution in [0.15, 0.2) is 19.0 Å². The maximum atomic E-state index is 11.7. The van der Waals surface area contributed by atoms with Gasteiger partial charge in [0.1, 0.15) is 6.61 Å². The molecule has 3 heterocycles. The zero-order chi connectivity index (χ0) is 24.9. The van der Waals surface area contributed by atoms with Crippen molar-refractivity contribution >= 4 is 53.9 Å². The zero-order valence-electron chi connectivity index (χ0n) is 21.7. The molecular formula is C25H40Cl2N8O3. The van der Waals surface area contributed by atoms with Crippen LogP contribution in [-0.4, -0.2) is 68.6 Å². The number of nitrogens with two attached hydrogens (primary N) is 1. The Morgan fingerprint density at radius 3 is 2.39 bits per heavy atom. The summed E-state index contributed by atoms with van der Waals surface area (Å²) in [7, 11) is 0. The van der Waals surface area contributed by atoms with Crippen molar-refractivity contribution in [2.24, 2.45) is 5.73 Å². The van der Waals surface area contributed by atoms with Crippen molar-refractivity contribution in [3.05, 3.63) is 19.0 Å². The van der Waals surface area contributed by atoms with Gasteiger partial charge in [0.05, 0.1) is 6.33 Å². The van der Waals surface area contributed by atoms with E-state index in [-0.39, 0.29) is 37.5 Å². The molecule has 4 N–H and O–H groups in total. The molecule has 0 atom stereocenters. The predicted octanol–water partition coefficient (Wildman–Crippen LogP) is 4.60. The number of hydroxylamine groups is 2. The first-order valence-corrected chi connectivity index (χ1v) is 13.3. The molecule has 0 radical (unpaired) electrons. The Morgan fingerprint density at radius 2 is 1.71 bits per heavy atom. The summed E-state index contributed by atoms with van der Waals surface area (Å²) in [4.78, 5) is 31.6. The Hall–Kier alpha value is -2.34. The van der Waals surface area contributed by atoms with Crippen molar-refractivity contribution in [2.75, 3.05) is 30.3 Å². The summed E-state index contributed by atoms with van der Waals surface area (Å²) in [5, 5.41) is 8.85. The highest BCUT2D eigenvalue weighted by molar-refractivity contribution is 5.86. The lowest BCUT2D eigenvalue weighted by Crippen LogP contribution is -2.40. The largest absolute Gasteiger partial charge is 0.528 e. The lowest BCUT2D eigenvalue weighted by molar-refractivity contribution is -0.136. The highest BCUT2D eigenvalue weighted by Gasteiger charge is 2.27. The fourth-order valence-electron chi connectivity index (χ4n) is 5.52. The molecule has 2 aromatic heterocycles. The lowest BCUT2D eigenvalue weighted by Gasteiger charge is -2.31. The van der Waals surface area contributed by atoms with Crippen LogP contribution < -0.4 is 16.4 Å². The van der Waals surface area contributed by atoms with E-state index in [9.17, 15) is 4.79 Å². The summed E-state index contributed by atoms with van der Waals surface area (Å²) < 4.78 is 7.15. The molecule has 0 unspecified atom stereocenters. The smallest absolute Gasteiger partial charge is 0.429 e. The molecule has 0 spiro atoms. The fourth-order valence-corrected chi connectivity index (χ4v) is 5.52. The van der Waals surface area contributed by atoms with E-state index in [4.69, 9.17) is 30.3 Å². The molecule has 3 aliphatic rings. The molecule has 0 aromatic carbocycles. The molecule has 5 rings (SSSR count). The number of carbonyl (C=O) groups excluding carboxylic acids is 1. The van der Waals surface area contributed by atoms with Gasteiger partial charge in [-0.25, -0.2) is 9.78 Å². The summed E-state index contributed by atoms with van der Waals surface area (Å²) in [6, 6.07) is 1.26. The average molecular weight is 572 g/mol. The van der Waals surface area contributed by atoms with Gasteiger partial charge in [0.2, 0.25) is 5.95 Å². The highest BCUT2D eigenvalue weighted by atomic mass is 35.5. The average Bonchev–Trinajstić information content (AvgIpc) is 3.55. The number of aromatic nitrogens is 4. The second-order valence-corrected chi connectivity index (χ2v) is 10.2. The van der Waals surface area contributed by atoms with Gasteiger partial charge in [-0.05, 0) is 51.4 Å². The first-order valence-electron chi connectivity index (χ1n) is 13.3. The van der Waals surface area contributed by atoms with E-state index >= 15 is 0 Å². The number of imidazole rings is 1. The molecule has 38 heavy (non-hydrogen) atoms. The van der Waals surface area contributed by atoms with Gasteiger partial charge in [-0.3, -0.25) is 0 Å². The number of anilines is 2. The van der Waals surface area contributed by atoms with E-state index in [0.717, 1.165) is 68.3 Å². The van der Waals surface area contributed by atoms with Crippen molar-refractivity contribution in [3.8, 4) is 0 Å². The summed E-state index contributed by atoms with van der Waals surface area (Å²) in [5.74, 6) is 1.41. The van der Waals surface area contributed by atoms with Crippen LogP contribution in [0.25, 0.3) is 11.2 Å². The molecule has 1 aliphatic heterocycles. The van der Waals surface area contributed by atoms with E-state index in [0.29, 0.717) is 37.2 Å². The summed E-state index contributed by atoms with van der Waals surface area (Å²) in [6.07, 6.45) is 13.3. The maximum absolute atomic E-state index is 11.7. The van der Waals surface area contributed by atoms with Crippen molar-refractivity contribution in [1.82, 2.24) is 24.6 Å². The van der Waals surface area contributed by atoms with Gasteiger partial charge < -0.3 is 30.5 Å². The van der Waals surface area contributed by atoms with E-state index < -0.39 is 6.16 Å². The van der Waals surface area contributed by atoms with E-state index in [1.807, 2.05) is 6.33 Å². The molecule has 2 saturated carbocycles. The Balaban J connectivity index is 0.00000200. The molecule has 2 aromatic rings. The number of nitrogens with one attached hydrogen (secondary N) is 2. The molecule has 2 aliphatic carbocycles. The number of rotatable bonds is 8. The summed E-state index contributed by atoms with van der Waals surface area (Å²) >= 11 is 0. The number of hydrogen-bond acceptors (Lipinski definition) is 10. The monoisotopic (exact) mass is 570 g/mol. The van der Waals surface area contributed by atoms with Crippen molar-refractivity contribution in [1.29, 1.82) is 0 Å². The first-order chi connectivity index (χ1) is 17.6. The quantitative estimate of drug-likeness (QED) is 0.305. The van der Waals surface area contributed by atoms with Gasteiger partial charge in [-0.2, -0.15) is 9.97 Å². The van der Waals surface area contributed by atoms with Crippen LogP contribution in [0.3, 0.4) is 0 Å². The topological polar surface area (TPSA) is 132 Å². The third-order valence-electron chi connectivity index (χ3n) is 7.56. The number of carbonyl (C=O) groups is 1. The Morgan fingerprint density at radius 1 is 1.03 bits per heavy atom. The van der Waals surface area contributed by atoms with E-state index in [1.54, 1.807) is 5.06 Å². The number of piperidine rings is 1. The van der Waals surface area contributed by atoms with Crippen LogP contribution in [-0.2, 0) is 9.57 Å². The SMILES string of the molecule is C=CCOC(=O)ON1CCC(Nc2nc(N[C@H]3CC[C@H](N)CC3)nc3c2ncn3C2CCCC2)CC1.Cl.Cl. The van der Waals surface area contributed by atoms with Gasteiger partial charge in [0.15, 0.2) is 17.0 Å². The summed E-state index contributed by atoms with van der Waals surface area (Å²) in [6.45, 7) is 4.89. The van der Waals surface area contributed by atoms with Crippen LogP contribution in [0.1, 0.15) is 70.3 Å². The molecule has 212 valence electrons. The fraction of sp³-hybridized carbons (Fsp3) is 0.680. The molecule has 13 heteroatoms. The van der Waals surface area contributed by atoms with Crippen molar-refractivity contribution in [3.63, 3.8) is 0 Å². The highest BCUT2D eigenvalue weighted by Crippen LogP contribution is 2.34. The van der Waals surface area contributed by atoms with E-state index in [1.165, 1.54) is 18.9 Å². The molecule has 0 bridgehead atoms. The van der Waals surface area contributed by atoms with Gasteiger partial charge in [0.25, 0.3) is 0 Å². The predicted molar refractivity (Wildman–Crippen MR) is 152 cm³/mol. The van der Waals surface area contributed by atoms with E-state index in [2.05, 4.69) is 21.8 Å². The van der Waals surface area contributed by atoms with Crippen molar-refractivity contribution in [2.45, 2.75) is 88.4 Å². The van der Waals surface area contributed by atoms with Crippen LogP contribution >= 0.6 is 24.8 Å². The van der Waals surface area contributed by atoms with Gasteiger partial charge in [0, 0.05) is 37.3 Å². The Bertz CT molecular complexity index is 1050. The van der Waals surface area contributed by atoms with Crippen LogP contribution in [0.5, 0.6) is 0 Å². The first kappa shape index (κ1) is 30.2. The van der Waals surface area contributed by atoms with Gasteiger partial charge in [-0.1, -0.05) is 25.5 Å². The number of hydrogen-bond donors (Lipinski definition) is 3. The number of ether oxygens (including phenoxy) is 1. The van der Waals surface area contributed by atoms with Crippen molar-refractivity contribution < 1.29 is 14.4 Å².